The first kappa shape index (κ1) is 13.7. The van der Waals surface area contributed by atoms with Gasteiger partial charge in [0.25, 0.3) is 5.91 Å². The molecule has 108 valence electrons. The van der Waals surface area contributed by atoms with Crippen LogP contribution in [0.2, 0.25) is 0 Å². The highest BCUT2D eigenvalue weighted by Gasteiger charge is 2.13. The Balaban J connectivity index is 1.71. The third kappa shape index (κ3) is 2.79. The molecule has 1 aromatic carbocycles. The Morgan fingerprint density at radius 2 is 2.24 bits per heavy atom. The molecule has 3 N–H and O–H groups in total. The molecule has 3 aromatic rings. The summed E-state index contributed by atoms with van der Waals surface area (Å²) in [4.78, 5) is 16.6. The van der Waals surface area contributed by atoms with Crippen molar-refractivity contribution >= 4 is 27.5 Å². The maximum Gasteiger partial charge on any atom is 0.269 e. The Kier molecular flexibility index (Phi) is 3.68. The third-order valence-corrected chi connectivity index (χ3v) is 4.15. The summed E-state index contributed by atoms with van der Waals surface area (Å²) < 4.78 is 2.66. The van der Waals surface area contributed by atoms with Crippen LogP contribution in [0, 0.1) is 0 Å². The maximum atomic E-state index is 12.1. The standard InChI is InChI=1S/C14H15N5OS/c1-19-11(6-9(7-15)18-19)14(20)16-8-13-17-10-4-2-3-5-12(10)21-13/h2-6H,7-8,15H2,1H3,(H,16,20). The Labute approximate surface area is 125 Å². The number of thiazole rings is 1. The van der Waals surface area contributed by atoms with Gasteiger partial charge in [-0.2, -0.15) is 5.10 Å². The van der Waals surface area contributed by atoms with Crippen molar-refractivity contribution in [1.29, 1.82) is 0 Å². The first-order chi connectivity index (χ1) is 10.2. The van der Waals surface area contributed by atoms with Crippen LogP contribution in [0.5, 0.6) is 0 Å². The predicted molar refractivity (Wildman–Crippen MR) is 81.9 cm³/mol. The number of amides is 1. The molecular weight excluding hydrogens is 286 g/mol. The van der Waals surface area contributed by atoms with E-state index in [0.29, 0.717) is 24.5 Å². The molecule has 0 radical (unpaired) electrons. The highest BCUT2D eigenvalue weighted by molar-refractivity contribution is 7.18. The number of hydrogen-bond acceptors (Lipinski definition) is 5. The minimum atomic E-state index is -0.177. The number of benzene rings is 1. The van der Waals surface area contributed by atoms with Gasteiger partial charge in [-0.15, -0.1) is 11.3 Å². The lowest BCUT2D eigenvalue weighted by Gasteiger charge is -2.02. The summed E-state index contributed by atoms with van der Waals surface area (Å²) in [6, 6.07) is 9.62. The molecule has 0 aliphatic heterocycles. The number of nitrogens with zero attached hydrogens (tertiary/aromatic N) is 3. The van der Waals surface area contributed by atoms with Gasteiger partial charge in [0.15, 0.2) is 0 Å². The molecule has 0 atom stereocenters. The van der Waals surface area contributed by atoms with Crippen molar-refractivity contribution in [2.45, 2.75) is 13.1 Å². The summed E-state index contributed by atoms with van der Waals surface area (Å²) in [6.45, 7) is 0.723. The fourth-order valence-electron chi connectivity index (χ4n) is 2.08. The molecule has 0 aliphatic carbocycles. The van der Waals surface area contributed by atoms with Gasteiger partial charge in [0.1, 0.15) is 10.7 Å². The number of carbonyl (C=O) groups is 1. The van der Waals surface area contributed by atoms with Crippen LogP contribution in [-0.2, 0) is 20.1 Å². The number of hydrogen-bond donors (Lipinski definition) is 2. The zero-order valence-electron chi connectivity index (χ0n) is 11.5. The molecule has 2 heterocycles. The third-order valence-electron chi connectivity index (χ3n) is 3.11. The van der Waals surface area contributed by atoms with Crippen molar-refractivity contribution in [2.75, 3.05) is 0 Å². The van der Waals surface area contributed by atoms with Crippen LogP contribution in [0.3, 0.4) is 0 Å². The Bertz CT molecular complexity index is 759. The molecule has 21 heavy (non-hydrogen) atoms. The molecule has 3 rings (SSSR count). The molecule has 0 saturated heterocycles. The molecule has 2 aromatic heterocycles. The number of carbonyl (C=O) groups excluding carboxylic acids is 1. The molecule has 0 fully saturated rings. The summed E-state index contributed by atoms with van der Waals surface area (Å²) in [7, 11) is 1.73. The first-order valence-electron chi connectivity index (χ1n) is 6.53. The highest BCUT2D eigenvalue weighted by Crippen LogP contribution is 2.21. The van der Waals surface area contributed by atoms with E-state index >= 15 is 0 Å². The minimum absolute atomic E-state index is 0.177. The number of fused-ring (bicyclic) bond motifs is 1. The number of aryl methyl sites for hydroxylation is 1. The van der Waals surface area contributed by atoms with Gasteiger partial charge in [0, 0.05) is 13.6 Å². The second-order valence-corrected chi connectivity index (χ2v) is 5.72. The van der Waals surface area contributed by atoms with Crippen LogP contribution in [0.1, 0.15) is 21.2 Å². The summed E-state index contributed by atoms with van der Waals surface area (Å²) >= 11 is 1.58. The quantitative estimate of drug-likeness (QED) is 0.763. The molecule has 7 heteroatoms. The fraction of sp³-hybridized carbons (Fsp3) is 0.214. The summed E-state index contributed by atoms with van der Waals surface area (Å²) in [5, 5.41) is 7.90. The van der Waals surface area contributed by atoms with Crippen molar-refractivity contribution in [1.82, 2.24) is 20.1 Å². The maximum absolute atomic E-state index is 12.1. The zero-order chi connectivity index (χ0) is 14.8. The van der Waals surface area contributed by atoms with Gasteiger partial charge in [-0.1, -0.05) is 12.1 Å². The van der Waals surface area contributed by atoms with Gasteiger partial charge in [-0.3, -0.25) is 9.48 Å². The van der Waals surface area contributed by atoms with Crippen LogP contribution in [0.25, 0.3) is 10.2 Å². The predicted octanol–water partition coefficient (Wildman–Crippen LogP) is 1.42. The summed E-state index contributed by atoms with van der Waals surface area (Å²) in [5.41, 5.74) is 7.67. The van der Waals surface area contributed by atoms with Gasteiger partial charge in [-0.05, 0) is 18.2 Å². The number of nitrogens with one attached hydrogen (secondary N) is 1. The largest absolute Gasteiger partial charge is 0.344 e. The second-order valence-electron chi connectivity index (χ2n) is 4.61. The molecule has 0 bridgehead atoms. The van der Waals surface area contributed by atoms with E-state index in [4.69, 9.17) is 5.73 Å². The van der Waals surface area contributed by atoms with E-state index in [2.05, 4.69) is 15.4 Å². The van der Waals surface area contributed by atoms with Crippen LogP contribution in [0.15, 0.2) is 30.3 Å². The molecule has 0 saturated carbocycles. The molecule has 6 nitrogen and oxygen atoms in total. The van der Waals surface area contributed by atoms with Crippen molar-refractivity contribution in [2.24, 2.45) is 12.8 Å². The molecule has 0 aliphatic rings. The van der Waals surface area contributed by atoms with Crippen molar-refractivity contribution in [3.63, 3.8) is 0 Å². The second kappa shape index (κ2) is 5.63. The lowest BCUT2D eigenvalue weighted by molar-refractivity contribution is 0.0941. The molecule has 1 amide bonds. The van der Waals surface area contributed by atoms with Gasteiger partial charge in [0.05, 0.1) is 22.5 Å². The van der Waals surface area contributed by atoms with E-state index in [1.54, 1.807) is 24.5 Å². The van der Waals surface area contributed by atoms with E-state index in [9.17, 15) is 4.79 Å². The number of aromatic nitrogens is 3. The Hall–Kier alpha value is -2.25. The highest BCUT2D eigenvalue weighted by atomic mass is 32.1. The molecule has 0 unspecified atom stereocenters. The van der Waals surface area contributed by atoms with Crippen LogP contribution in [0.4, 0.5) is 0 Å². The van der Waals surface area contributed by atoms with Crippen LogP contribution in [-0.4, -0.2) is 20.7 Å². The van der Waals surface area contributed by atoms with Crippen molar-refractivity contribution in [3.8, 4) is 0 Å². The van der Waals surface area contributed by atoms with Crippen LogP contribution < -0.4 is 11.1 Å². The minimum Gasteiger partial charge on any atom is -0.344 e. The van der Waals surface area contributed by atoms with Gasteiger partial charge in [-0.25, -0.2) is 4.98 Å². The first-order valence-corrected chi connectivity index (χ1v) is 7.34. The van der Waals surface area contributed by atoms with Crippen molar-refractivity contribution < 1.29 is 4.79 Å². The lowest BCUT2D eigenvalue weighted by Crippen LogP contribution is -2.25. The van der Waals surface area contributed by atoms with E-state index in [0.717, 1.165) is 15.2 Å². The van der Waals surface area contributed by atoms with Gasteiger partial charge >= 0.3 is 0 Å². The zero-order valence-corrected chi connectivity index (χ0v) is 12.4. The van der Waals surface area contributed by atoms with Crippen LogP contribution >= 0.6 is 11.3 Å². The topological polar surface area (TPSA) is 85.8 Å². The van der Waals surface area contributed by atoms with E-state index in [-0.39, 0.29) is 5.91 Å². The average molecular weight is 301 g/mol. The number of rotatable bonds is 4. The normalized spacial score (nSPS) is 11.0. The smallest absolute Gasteiger partial charge is 0.269 e. The van der Waals surface area contributed by atoms with Crippen molar-refractivity contribution in [3.05, 3.63) is 46.7 Å². The fourth-order valence-corrected chi connectivity index (χ4v) is 2.99. The monoisotopic (exact) mass is 301 g/mol. The van der Waals surface area contributed by atoms with E-state index < -0.39 is 0 Å². The van der Waals surface area contributed by atoms with Gasteiger partial charge < -0.3 is 11.1 Å². The van der Waals surface area contributed by atoms with E-state index in [1.165, 1.54) is 4.68 Å². The van der Waals surface area contributed by atoms with Gasteiger partial charge in [0.2, 0.25) is 0 Å². The molecular formula is C14H15N5OS. The average Bonchev–Trinajstić information content (AvgIpc) is 3.07. The number of para-hydroxylation sites is 1. The number of nitrogens with two attached hydrogens (primary N) is 1. The SMILES string of the molecule is Cn1nc(CN)cc1C(=O)NCc1nc2ccccc2s1. The van der Waals surface area contributed by atoms with E-state index in [1.807, 2.05) is 24.3 Å². The summed E-state index contributed by atoms with van der Waals surface area (Å²) in [5.74, 6) is -0.177. The molecule has 0 spiro atoms. The Morgan fingerprint density at radius 3 is 2.95 bits per heavy atom. The summed E-state index contributed by atoms with van der Waals surface area (Å²) in [6.07, 6.45) is 0. The Morgan fingerprint density at radius 1 is 1.43 bits per heavy atom. The lowest BCUT2D eigenvalue weighted by atomic mass is 10.3.